The summed E-state index contributed by atoms with van der Waals surface area (Å²) < 4.78 is 0. The highest BCUT2D eigenvalue weighted by molar-refractivity contribution is 5.77. The smallest absolute Gasteiger partial charge is 0.220 e. The number of nitrogens with one attached hydrogen (secondary N) is 2. The van der Waals surface area contributed by atoms with Gasteiger partial charge in [-0.3, -0.25) is 9.59 Å². The lowest BCUT2D eigenvalue weighted by molar-refractivity contribution is -0.119. The van der Waals surface area contributed by atoms with Gasteiger partial charge in [0.15, 0.2) is 0 Å². The minimum Gasteiger partial charge on any atom is -0.356 e. The van der Waals surface area contributed by atoms with Crippen LogP contribution in [0.2, 0.25) is 0 Å². The Hall–Kier alpha value is -1.32. The van der Waals surface area contributed by atoms with Gasteiger partial charge in [0.1, 0.15) is 0 Å². The zero-order chi connectivity index (χ0) is 9.40. The van der Waals surface area contributed by atoms with Crippen molar-refractivity contribution in [1.82, 2.24) is 10.6 Å². The first kappa shape index (κ1) is 10.7. The highest BCUT2D eigenvalue weighted by Crippen LogP contribution is 1.93. The van der Waals surface area contributed by atoms with Crippen LogP contribution in [0.1, 0.15) is 19.8 Å². The molecule has 4 nitrogen and oxygen atoms in total. The van der Waals surface area contributed by atoms with E-state index < -0.39 is 0 Å². The van der Waals surface area contributed by atoms with E-state index in [1.807, 2.05) is 0 Å². The van der Waals surface area contributed by atoms with Gasteiger partial charge in [0.2, 0.25) is 11.8 Å². The maximum atomic E-state index is 10.1. The summed E-state index contributed by atoms with van der Waals surface area (Å²) in [7, 11) is 0. The maximum absolute atomic E-state index is 10.1. The summed E-state index contributed by atoms with van der Waals surface area (Å²) in [6, 6.07) is 0. The van der Waals surface area contributed by atoms with Crippen molar-refractivity contribution in [3.8, 4) is 0 Å². The third-order valence-electron chi connectivity index (χ3n) is 1.21. The van der Waals surface area contributed by atoms with Crippen molar-refractivity contribution >= 4 is 11.8 Å². The highest BCUT2D eigenvalue weighted by Gasteiger charge is 2.05. The van der Waals surface area contributed by atoms with E-state index in [9.17, 15) is 9.59 Å². The Morgan fingerprint density at radius 2 is 2.42 bits per heavy atom. The van der Waals surface area contributed by atoms with E-state index in [1.54, 1.807) is 0 Å². The van der Waals surface area contributed by atoms with E-state index in [-0.39, 0.29) is 11.8 Å². The van der Waals surface area contributed by atoms with Gasteiger partial charge < -0.3 is 10.6 Å². The van der Waals surface area contributed by atoms with Crippen LogP contribution in [0.15, 0.2) is 12.8 Å². The number of carbonyl (C=O) groups is 2. The van der Waals surface area contributed by atoms with E-state index in [1.165, 1.54) is 13.1 Å². The molecule has 4 heteroatoms. The molecule has 2 amide bonds. The molecule has 1 saturated heterocycles. The Kier molecular flexibility index (Phi) is 5.69. The molecule has 1 aliphatic heterocycles. The van der Waals surface area contributed by atoms with Crippen LogP contribution >= 0.6 is 0 Å². The van der Waals surface area contributed by atoms with E-state index in [4.69, 9.17) is 0 Å². The lowest BCUT2D eigenvalue weighted by Gasteiger charge is -1.83. The number of rotatable bonds is 1. The molecule has 1 fully saturated rings. The molecule has 0 saturated carbocycles. The van der Waals surface area contributed by atoms with Crippen LogP contribution in [-0.4, -0.2) is 18.4 Å². The first-order valence-corrected chi connectivity index (χ1v) is 3.81. The number of carbonyl (C=O) groups excluding carboxylic acids is 2. The Morgan fingerprint density at radius 3 is 2.50 bits per heavy atom. The zero-order valence-corrected chi connectivity index (χ0v) is 7.22. The van der Waals surface area contributed by atoms with Crippen molar-refractivity contribution < 1.29 is 9.59 Å². The first-order chi connectivity index (χ1) is 5.66. The summed E-state index contributed by atoms with van der Waals surface area (Å²) >= 11 is 0. The van der Waals surface area contributed by atoms with Crippen molar-refractivity contribution in [3.63, 3.8) is 0 Å². The van der Waals surface area contributed by atoms with Crippen molar-refractivity contribution in [3.05, 3.63) is 12.8 Å². The Balaban J connectivity index is 0.000000202. The number of hydrogen-bond donors (Lipinski definition) is 2. The number of amides is 2. The Morgan fingerprint density at radius 1 is 1.75 bits per heavy atom. The largest absolute Gasteiger partial charge is 0.356 e. The fourth-order valence-electron chi connectivity index (χ4n) is 0.709. The molecule has 0 unspecified atom stereocenters. The highest BCUT2D eigenvalue weighted by atomic mass is 16.2. The molecule has 12 heavy (non-hydrogen) atoms. The van der Waals surface area contributed by atoms with Crippen LogP contribution in [0, 0.1) is 0 Å². The van der Waals surface area contributed by atoms with Crippen LogP contribution in [-0.2, 0) is 9.59 Å². The molecule has 0 aliphatic carbocycles. The molecule has 0 aromatic rings. The monoisotopic (exact) mass is 170 g/mol. The average Bonchev–Trinajstić information content (AvgIpc) is 2.40. The minimum absolute atomic E-state index is 0.0787. The molecule has 0 aromatic carbocycles. The third kappa shape index (κ3) is 6.80. The van der Waals surface area contributed by atoms with Crippen LogP contribution in [0.4, 0.5) is 0 Å². The number of hydrogen-bond acceptors (Lipinski definition) is 2. The third-order valence-corrected chi connectivity index (χ3v) is 1.21. The van der Waals surface area contributed by atoms with E-state index in [0.29, 0.717) is 0 Å². The first-order valence-electron chi connectivity index (χ1n) is 3.81. The molecule has 0 atom stereocenters. The van der Waals surface area contributed by atoms with Crippen LogP contribution in [0.25, 0.3) is 0 Å². The van der Waals surface area contributed by atoms with Crippen molar-refractivity contribution in [2.45, 2.75) is 19.8 Å². The molecule has 2 N–H and O–H groups in total. The molecule has 1 heterocycles. The predicted octanol–water partition coefficient (Wildman–Crippen LogP) is 0.162. The fourth-order valence-corrected chi connectivity index (χ4v) is 0.709. The van der Waals surface area contributed by atoms with Crippen LogP contribution < -0.4 is 10.6 Å². The van der Waals surface area contributed by atoms with Gasteiger partial charge in [-0.15, -0.1) is 0 Å². The van der Waals surface area contributed by atoms with Gasteiger partial charge in [0.25, 0.3) is 0 Å². The Bertz CT molecular complexity index is 170. The second-order valence-electron chi connectivity index (χ2n) is 2.36. The van der Waals surface area contributed by atoms with E-state index >= 15 is 0 Å². The lowest BCUT2D eigenvalue weighted by atomic mass is 10.4. The summed E-state index contributed by atoms with van der Waals surface area (Å²) in [5.41, 5.74) is 0. The van der Waals surface area contributed by atoms with Gasteiger partial charge in [-0.05, 0) is 12.6 Å². The summed E-state index contributed by atoms with van der Waals surface area (Å²) in [4.78, 5) is 20.0. The van der Waals surface area contributed by atoms with E-state index in [0.717, 1.165) is 19.4 Å². The molecule has 1 rings (SSSR count). The molecule has 68 valence electrons. The molecular weight excluding hydrogens is 156 g/mol. The summed E-state index contributed by atoms with van der Waals surface area (Å²) in [6.07, 6.45) is 3.11. The van der Waals surface area contributed by atoms with Crippen molar-refractivity contribution in [2.24, 2.45) is 0 Å². The van der Waals surface area contributed by atoms with Gasteiger partial charge in [-0.1, -0.05) is 6.58 Å². The normalized spacial score (nSPS) is 13.9. The van der Waals surface area contributed by atoms with Gasteiger partial charge in [-0.25, -0.2) is 0 Å². The maximum Gasteiger partial charge on any atom is 0.220 e. The summed E-state index contributed by atoms with van der Waals surface area (Å²) in [5, 5.41) is 5.01. The molecule has 0 bridgehead atoms. The van der Waals surface area contributed by atoms with E-state index in [2.05, 4.69) is 17.2 Å². The summed E-state index contributed by atoms with van der Waals surface area (Å²) in [6.45, 7) is 5.59. The van der Waals surface area contributed by atoms with Crippen LogP contribution in [0.3, 0.4) is 0 Å². The summed E-state index contributed by atoms with van der Waals surface area (Å²) in [5.74, 6) is 0.125. The second-order valence-corrected chi connectivity index (χ2v) is 2.36. The predicted molar refractivity (Wildman–Crippen MR) is 46.3 cm³/mol. The van der Waals surface area contributed by atoms with Crippen molar-refractivity contribution in [1.29, 1.82) is 0 Å². The van der Waals surface area contributed by atoms with Gasteiger partial charge in [0.05, 0.1) is 0 Å². The van der Waals surface area contributed by atoms with Crippen LogP contribution in [0.5, 0.6) is 0 Å². The topological polar surface area (TPSA) is 58.2 Å². The van der Waals surface area contributed by atoms with Crippen molar-refractivity contribution in [2.75, 3.05) is 6.54 Å². The molecule has 1 aliphatic rings. The second kappa shape index (κ2) is 6.39. The Labute approximate surface area is 72.0 Å². The van der Waals surface area contributed by atoms with Gasteiger partial charge >= 0.3 is 0 Å². The standard InChI is InChI=1S/2C4H7NO/c6-4-2-1-3-5-4;1-3-5-4(2)6/h1-3H2,(H,5,6);3H,1H2,2H3,(H,5,6). The zero-order valence-electron chi connectivity index (χ0n) is 7.22. The lowest BCUT2D eigenvalue weighted by Crippen LogP contribution is -2.12. The molecule has 0 radical (unpaired) electrons. The SMILES string of the molecule is C=CNC(C)=O.O=C1CCCN1. The average molecular weight is 170 g/mol. The fraction of sp³-hybridized carbons (Fsp3) is 0.500. The molecule has 0 aromatic heterocycles. The molecule has 0 spiro atoms. The quantitative estimate of drug-likeness (QED) is 0.589. The minimum atomic E-state index is -0.0787. The van der Waals surface area contributed by atoms with Gasteiger partial charge in [-0.2, -0.15) is 0 Å². The van der Waals surface area contributed by atoms with Gasteiger partial charge in [0, 0.05) is 19.9 Å². The molecular formula is C8H14N2O2.